The SMILES string of the molecule is c1ccc(-c2cccc(-n3c4ccc5c6ccccc6oc5c4c4ccc5c(c6ccccc6n5-c5cccc6ccccc56)c43)c2)cc1. The zero-order chi connectivity index (χ0) is 32.1. The van der Waals surface area contributed by atoms with Crippen molar-refractivity contribution in [3.63, 3.8) is 0 Å². The summed E-state index contributed by atoms with van der Waals surface area (Å²) in [6.45, 7) is 0. The molecule has 0 aliphatic rings. The Kier molecular flexibility index (Phi) is 5.38. The highest BCUT2D eigenvalue weighted by atomic mass is 16.3. The maximum atomic E-state index is 6.72. The van der Waals surface area contributed by atoms with Crippen LogP contribution in [0.1, 0.15) is 0 Å². The highest BCUT2D eigenvalue weighted by Gasteiger charge is 2.24. The number of benzene rings is 8. The molecule has 8 aromatic carbocycles. The van der Waals surface area contributed by atoms with E-state index in [-0.39, 0.29) is 0 Å². The van der Waals surface area contributed by atoms with Crippen LogP contribution in [0.4, 0.5) is 0 Å². The molecule has 0 unspecified atom stereocenters. The lowest BCUT2D eigenvalue weighted by Crippen LogP contribution is -1.96. The fourth-order valence-electron chi connectivity index (χ4n) is 8.21. The molecule has 3 aromatic heterocycles. The van der Waals surface area contributed by atoms with Gasteiger partial charge in [-0.25, -0.2) is 0 Å². The zero-order valence-corrected chi connectivity index (χ0v) is 26.5. The van der Waals surface area contributed by atoms with E-state index in [1.54, 1.807) is 0 Å². The van der Waals surface area contributed by atoms with Crippen molar-refractivity contribution < 1.29 is 4.42 Å². The maximum absolute atomic E-state index is 6.72. The summed E-state index contributed by atoms with van der Waals surface area (Å²) < 4.78 is 11.6. The van der Waals surface area contributed by atoms with Crippen LogP contribution < -0.4 is 0 Å². The first-order valence-electron chi connectivity index (χ1n) is 16.8. The summed E-state index contributed by atoms with van der Waals surface area (Å²) in [5, 5.41) is 9.50. The van der Waals surface area contributed by atoms with Gasteiger partial charge in [0.2, 0.25) is 0 Å². The van der Waals surface area contributed by atoms with Crippen molar-refractivity contribution in [3.05, 3.63) is 170 Å². The molecule has 0 saturated heterocycles. The van der Waals surface area contributed by atoms with Crippen LogP contribution in [0.15, 0.2) is 174 Å². The molecule has 3 nitrogen and oxygen atoms in total. The van der Waals surface area contributed by atoms with Crippen molar-refractivity contribution in [2.24, 2.45) is 0 Å². The van der Waals surface area contributed by atoms with Gasteiger partial charge >= 0.3 is 0 Å². The lowest BCUT2D eigenvalue weighted by atomic mass is 10.0. The third-order valence-corrected chi connectivity index (χ3v) is 10.3. The summed E-state index contributed by atoms with van der Waals surface area (Å²) in [6, 6.07) is 61.2. The molecule has 3 heterocycles. The minimum atomic E-state index is 0.908. The van der Waals surface area contributed by atoms with Crippen molar-refractivity contribution in [2.75, 3.05) is 0 Å². The van der Waals surface area contributed by atoms with Crippen molar-refractivity contribution in [3.8, 4) is 22.5 Å². The van der Waals surface area contributed by atoms with Gasteiger partial charge in [-0.3, -0.25) is 0 Å². The molecule has 0 spiro atoms. The van der Waals surface area contributed by atoms with Crippen LogP contribution in [0.25, 0.3) is 98.8 Å². The minimum Gasteiger partial charge on any atom is -0.455 e. The third-order valence-electron chi connectivity index (χ3n) is 10.3. The van der Waals surface area contributed by atoms with Gasteiger partial charge in [0, 0.05) is 38.0 Å². The Bertz CT molecular complexity index is 3100. The minimum absolute atomic E-state index is 0.908. The summed E-state index contributed by atoms with van der Waals surface area (Å²) in [5.74, 6) is 0. The van der Waals surface area contributed by atoms with Gasteiger partial charge in [-0.2, -0.15) is 0 Å². The number of hydrogen-bond acceptors (Lipinski definition) is 1. The molecule has 0 atom stereocenters. The van der Waals surface area contributed by atoms with Crippen LogP contribution >= 0.6 is 0 Å². The lowest BCUT2D eigenvalue weighted by Gasteiger charge is -2.13. The lowest BCUT2D eigenvalue weighted by molar-refractivity contribution is 0.673. The molecule has 0 fully saturated rings. The monoisotopic (exact) mass is 624 g/mol. The molecule has 0 N–H and O–H groups in total. The number of rotatable bonds is 3. The third kappa shape index (κ3) is 3.67. The van der Waals surface area contributed by atoms with E-state index in [1.165, 1.54) is 60.3 Å². The fourth-order valence-corrected chi connectivity index (χ4v) is 8.21. The topological polar surface area (TPSA) is 23.0 Å². The first kappa shape index (κ1) is 26.5. The normalized spacial score (nSPS) is 12.1. The average molecular weight is 625 g/mol. The van der Waals surface area contributed by atoms with E-state index >= 15 is 0 Å². The van der Waals surface area contributed by atoms with E-state index in [1.807, 2.05) is 6.07 Å². The van der Waals surface area contributed by atoms with Gasteiger partial charge in [-0.15, -0.1) is 0 Å². The Morgan fingerprint density at radius 3 is 1.96 bits per heavy atom. The standard InChI is InChI=1S/C46H28N2O/c1-2-12-29(13-3-1)31-16-10-17-32(28-31)47-41-26-24-35-34-19-7-9-23-42(34)49-46(35)44(41)37-25-27-40-43(45(37)47)36-20-6-8-21-39(36)48(40)38-22-11-15-30-14-4-5-18-33(30)38/h1-28H. The number of hydrogen-bond donors (Lipinski definition) is 0. The van der Waals surface area contributed by atoms with E-state index in [4.69, 9.17) is 4.42 Å². The molecule has 49 heavy (non-hydrogen) atoms. The van der Waals surface area contributed by atoms with Gasteiger partial charge in [0.05, 0.1) is 33.1 Å². The summed E-state index contributed by atoms with van der Waals surface area (Å²) in [5.41, 5.74) is 11.2. The molecule has 0 radical (unpaired) electrons. The second-order valence-electron chi connectivity index (χ2n) is 12.9. The van der Waals surface area contributed by atoms with E-state index in [0.29, 0.717) is 0 Å². The summed E-state index contributed by atoms with van der Waals surface area (Å²) in [7, 11) is 0. The Morgan fingerprint density at radius 1 is 0.388 bits per heavy atom. The van der Waals surface area contributed by atoms with E-state index in [9.17, 15) is 0 Å². The van der Waals surface area contributed by atoms with E-state index in [2.05, 4.69) is 173 Å². The molecular formula is C46H28N2O. The molecule has 0 amide bonds. The van der Waals surface area contributed by atoms with Crippen LogP contribution in [0.2, 0.25) is 0 Å². The van der Waals surface area contributed by atoms with Crippen LogP contribution in [-0.2, 0) is 0 Å². The Hall–Kier alpha value is -6.58. The zero-order valence-electron chi connectivity index (χ0n) is 26.5. The number of nitrogens with zero attached hydrogens (tertiary/aromatic N) is 2. The van der Waals surface area contributed by atoms with Crippen molar-refractivity contribution in [1.82, 2.24) is 9.13 Å². The van der Waals surface area contributed by atoms with E-state index < -0.39 is 0 Å². The summed E-state index contributed by atoms with van der Waals surface area (Å²) in [4.78, 5) is 0. The van der Waals surface area contributed by atoms with Gasteiger partial charge < -0.3 is 13.6 Å². The Morgan fingerprint density at radius 2 is 1.06 bits per heavy atom. The fraction of sp³-hybridized carbons (Fsp3) is 0. The van der Waals surface area contributed by atoms with Gasteiger partial charge in [0.1, 0.15) is 11.2 Å². The Labute approximate surface area is 281 Å². The second kappa shape index (κ2) is 9.96. The van der Waals surface area contributed by atoms with Gasteiger partial charge in [-0.1, -0.05) is 115 Å². The predicted octanol–water partition coefficient (Wildman–Crippen LogP) is 12.6. The highest BCUT2D eigenvalue weighted by Crippen LogP contribution is 2.46. The average Bonchev–Trinajstić information content (AvgIpc) is 3.82. The van der Waals surface area contributed by atoms with Crippen molar-refractivity contribution >= 4 is 76.3 Å². The quantitative estimate of drug-likeness (QED) is 0.192. The van der Waals surface area contributed by atoms with Crippen molar-refractivity contribution in [1.29, 1.82) is 0 Å². The largest absolute Gasteiger partial charge is 0.455 e. The van der Waals surface area contributed by atoms with Gasteiger partial charge in [0.25, 0.3) is 0 Å². The van der Waals surface area contributed by atoms with Crippen LogP contribution in [0.5, 0.6) is 0 Å². The molecule has 11 aromatic rings. The number of fused-ring (bicyclic) bond motifs is 12. The molecule has 0 aliphatic carbocycles. The second-order valence-corrected chi connectivity index (χ2v) is 12.9. The number of furan rings is 1. The molecular weight excluding hydrogens is 597 g/mol. The Balaban J connectivity index is 1.35. The smallest absolute Gasteiger partial charge is 0.145 e. The van der Waals surface area contributed by atoms with Crippen molar-refractivity contribution in [2.45, 2.75) is 0 Å². The summed E-state index contributed by atoms with van der Waals surface area (Å²) in [6.07, 6.45) is 0. The predicted molar refractivity (Wildman–Crippen MR) is 205 cm³/mol. The van der Waals surface area contributed by atoms with Crippen LogP contribution in [0, 0.1) is 0 Å². The number of aromatic nitrogens is 2. The molecule has 0 saturated carbocycles. The highest BCUT2D eigenvalue weighted by molar-refractivity contribution is 6.31. The maximum Gasteiger partial charge on any atom is 0.145 e. The first-order valence-corrected chi connectivity index (χ1v) is 16.8. The first-order chi connectivity index (χ1) is 24.3. The summed E-state index contributed by atoms with van der Waals surface area (Å²) >= 11 is 0. The van der Waals surface area contributed by atoms with Crippen LogP contribution in [0.3, 0.4) is 0 Å². The molecule has 0 aliphatic heterocycles. The van der Waals surface area contributed by atoms with E-state index in [0.717, 1.165) is 38.5 Å². The molecule has 3 heteroatoms. The molecule has 11 rings (SSSR count). The molecule has 0 bridgehead atoms. The number of para-hydroxylation sites is 2. The van der Waals surface area contributed by atoms with Gasteiger partial charge in [0.15, 0.2) is 0 Å². The van der Waals surface area contributed by atoms with Crippen LogP contribution in [-0.4, -0.2) is 9.13 Å². The van der Waals surface area contributed by atoms with Gasteiger partial charge in [-0.05, 0) is 71.1 Å². The molecule has 228 valence electrons.